The maximum Gasteiger partial charge on any atom is 0.415 e. The van der Waals surface area contributed by atoms with Crippen LogP contribution in [0.1, 0.15) is 32.3 Å². The summed E-state index contributed by atoms with van der Waals surface area (Å²) in [5.41, 5.74) is 1.35. The summed E-state index contributed by atoms with van der Waals surface area (Å²) in [5, 5.41) is 3.46. The molecule has 10 heteroatoms. The van der Waals surface area contributed by atoms with E-state index in [2.05, 4.69) is 10.3 Å². The van der Waals surface area contributed by atoms with Crippen molar-refractivity contribution in [3.05, 3.63) is 60.4 Å². The normalized spacial score (nSPS) is 19.6. The van der Waals surface area contributed by atoms with Crippen molar-refractivity contribution in [1.82, 2.24) is 20.1 Å². The van der Waals surface area contributed by atoms with Crippen LogP contribution in [0.25, 0.3) is 11.0 Å². The summed E-state index contributed by atoms with van der Waals surface area (Å²) < 4.78 is 10.9. The van der Waals surface area contributed by atoms with Gasteiger partial charge in [0.1, 0.15) is 17.7 Å². The molecule has 3 amide bonds. The van der Waals surface area contributed by atoms with E-state index in [1.165, 1.54) is 4.90 Å². The molecule has 0 bridgehead atoms. The van der Waals surface area contributed by atoms with E-state index in [1.807, 2.05) is 38.1 Å². The van der Waals surface area contributed by atoms with Crippen LogP contribution < -0.4 is 10.1 Å². The largest absolute Gasteiger partial charge is 0.425 e. The van der Waals surface area contributed by atoms with Gasteiger partial charge in [0.05, 0.1) is 19.0 Å². The summed E-state index contributed by atoms with van der Waals surface area (Å²) in [6, 6.07) is 10.5. The van der Waals surface area contributed by atoms with E-state index < -0.39 is 18.2 Å². The van der Waals surface area contributed by atoms with Crippen LogP contribution in [-0.4, -0.2) is 69.7 Å². The number of nitrogens with one attached hydrogen (secondary N) is 1. The Kier molecular flexibility index (Phi) is 7.13. The molecule has 3 atom stereocenters. The Bertz CT molecular complexity index is 1320. The van der Waals surface area contributed by atoms with Crippen LogP contribution in [0.2, 0.25) is 0 Å². The van der Waals surface area contributed by atoms with Gasteiger partial charge in [-0.15, -0.1) is 0 Å². The molecule has 0 aliphatic carbocycles. The zero-order valence-electron chi connectivity index (χ0n) is 21.3. The molecule has 2 fully saturated rings. The van der Waals surface area contributed by atoms with E-state index in [1.54, 1.807) is 35.5 Å². The van der Waals surface area contributed by atoms with Crippen molar-refractivity contribution in [2.75, 3.05) is 13.1 Å². The first-order valence-corrected chi connectivity index (χ1v) is 12.8. The van der Waals surface area contributed by atoms with Crippen LogP contribution in [0, 0.1) is 5.92 Å². The number of carbonyl (C=O) groups excluding carboxylic acids is 4. The smallest absolute Gasteiger partial charge is 0.415 e. The molecule has 2 aliphatic rings. The summed E-state index contributed by atoms with van der Waals surface area (Å²) in [6.45, 7) is 4.18. The lowest BCUT2D eigenvalue weighted by molar-refractivity contribution is -0.138. The third-order valence-electron chi connectivity index (χ3n) is 7.00. The van der Waals surface area contributed by atoms with Crippen LogP contribution in [0.15, 0.2) is 59.3 Å². The molecule has 3 unspecified atom stereocenters. The van der Waals surface area contributed by atoms with Gasteiger partial charge in [-0.25, -0.2) is 4.79 Å². The number of Topliss-reactive ketones (excluding diaryl/α,β-unsaturated/α-hetero) is 1. The number of aromatic nitrogens is 1. The number of para-hydroxylation sites is 1. The first-order valence-electron chi connectivity index (χ1n) is 12.8. The van der Waals surface area contributed by atoms with Crippen molar-refractivity contribution in [3.63, 3.8) is 0 Å². The minimum Gasteiger partial charge on any atom is -0.425 e. The molecule has 0 saturated carbocycles. The number of ether oxygens (including phenoxy) is 1. The van der Waals surface area contributed by atoms with E-state index in [0.717, 1.165) is 10.9 Å². The Labute approximate surface area is 219 Å². The zero-order valence-corrected chi connectivity index (χ0v) is 21.3. The number of pyridine rings is 1. The van der Waals surface area contributed by atoms with Crippen molar-refractivity contribution in [2.24, 2.45) is 5.92 Å². The first-order chi connectivity index (χ1) is 18.3. The minimum atomic E-state index is -0.890. The van der Waals surface area contributed by atoms with E-state index >= 15 is 0 Å². The number of hydrogen-bond donors (Lipinski definition) is 1. The molecule has 198 valence electrons. The quantitative estimate of drug-likeness (QED) is 0.510. The Morgan fingerprint density at radius 2 is 1.97 bits per heavy atom. The number of fused-ring (bicyclic) bond motifs is 2. The van der Waals surface area contributed by atoms with Gasteiger partial charge in [0.25, 0.3) is 5.95 Å². The highest BCUT2D eigenvalue weighted by molar-refractivity contribution is 5.99. The molecular formula is C28H30N4O6. The third kappa shape index (κ3) is 5.25. The van der Waals surface area contributed by atoms with E-state index in [0.29, 0.717) is 25.0 Å². The lowest BCUT2D eigenvalue weighted by Crippen LogP contribution is -2.53. The van der Waals surface area contributed by atoms with Gasteiger partial charge < -0.3 is 24.3 Å². The minimum absolute atomic E-state index is 0.0226. The van der Waals surface area contributed by atoms with E-state index in [4.69, 9.17) is 9.15 Å². The molecule has 2 aliphatic heterocycles. The van der Waals surface area contributed by atoms with Crippen molar-refractivity contribution in [1.29, 1.82) is 0 Å². The van der Waals surface area contributed by atoms with Gasteiger partial charge in [0.2, 0.25) is 11.8 Å². The highest BCUT2D eigenvalue weighted by Gasteiger charge is 2.52. The molecule has 0 radical (unpaired) electrons. The molecular weight excluding hydrogens is 488 g/mol. The molecule has 4 heterocycles. The van der Waals surface area contributed by atoms with Gasteiger partial charge >= 0.3 is 6.09 Å². The van der Waals surface area contributed by atoms with Crippen LogP contribution >= 0.6 is 0 Å². The number of furan rings is 1. The average Bonchev–Trinajstić information content (AvgIpc) is 3.58. The van der Waals surface area contributed by atoms with E-state index in [9.17, 15) is 19.2 Å². The lowest BCUT2D eigenvalue weighted by Gasteiger charge is -2.28. The fourth-order valence-electron chi connectivity index (χ4n) is 5.33. The van der Waals surface area contributed by atoms with Gasteiger partial charge in [-0.1, -0.05) is 38.1 Å². The Balaban J connectivity index is 1.26. The highest BCUT2D eigenvalue weighted by atomic mass is 16.6. The van der Waals surface area contributed by atoms with Crippen molar-refractivity contribution >= 4 is 34.7 Å². The second kappa shape index (κ2) is 10.6. The number of benzene rings is 1. The average molecular weight is 519 g/mol. The number of rotatable bonds is 7. The van der Waals surface area contributed by atoms with Crippen molar-refractivity contribution < 1.29 is 28.3 Å². The first kappa shape index (κ1) is 25.4. The zero-order chi connectivity index (χ0) is 26.8. The molecule has 2 saturated heterocycles. The Hall–Kier alpha value is -4.21. The molecule has 3 aromatic rings. The number of hydrogen-bond acceptors (Lipinski definition) is 7. The summed E-state index contributed by atoms with van der Waals surface area (Å²) in [7, 11) is 0. The molecule has 10 nitrogen and oxygen atoms in total. The second-order valence-corrected chi connectivity index (χ2v) is 10.2. The van der Waals surface area contributed by atoms with Gasteiger partial charge in [0.15, 0.2) is 5.78 Å². The van der Waals surface area contributed by atoms with Crippen LogP contribution in [0.3, 0.4) is 0 Å². The highest BCUT2D eigenvalue weighted by Crippen LogP contribution is 2.31. The molecule has 1 aromatic carbocycles. The lowest BCUT2D eigenvalue weighted by atomic mass is 10.0. The van der Waals surface area contributed by atoms with E-state index in [-0.39, 0.29) is 48.5 Å². The number of carbonyl (C=O) groups is 4. The standard InChI is InChI=1S/C28H30N4O6/c1-17(2)12-20(30-28(36)38-25-14-19-7-3-4-8-23(19)37-25)27(35)31-11-9-21-26(31)22(33)16-32(21)24(34)13-18-6-5-10-29-15-18/h3-8,10,14-15,17,20-21,26H,9,11-13,16H2,1-2H3,(H,30,36). The Morgan fingerprint density at radius 1 is 1.16 bits per heavy atom. The van der Waals surface area contributed by atoms with Crippen LogP contribution in [0.4, 0.5) is 4.79 Å². The Morgan fingerprint density at radius 3 is 2.71 bits per heavy atom. The summed E-state index contributed by atoms with van der Waals surface area (Å²) >= 11 is 0. The van der Waals surface area contributed by atoms with Crippen molar-refractivity contribution in [3.8, 4) is 5.95 Å². The fourth-order valence-corrected chi connectivity index (χ4v) is 5.33. The predicted octanol–water partition coefficient (Wildman–Crippen LogP) is 2.95. The number of ketones is 1. The predicted molar refractivity (Wildman–Crippen MR) is 137 cm³/mol. The monoisotopic (exact) mass is 518 g/mol. The SMILES string of the molecule is CC(C)CC(NC(=O)Oc1cc2ccccc2o1)C(=O)N1CCC2C1C(=O)CN2C(=O)Cc1cccnc1. The van der Waals surface area contributed by atoms with Crippen molar-refractivity contribution in [2.45, 2.75) is 51.2 Å². The van der Waals surface area contributed by atoms with Gasteiger partial charge in [0, 0.05) is 30.4 Å². The molecule has 2 aromatic heterocycles. The third-order valence-corrected chi connectivity index (χ3v) is 7.00. The molecule has 1 N–H and O–H groups in total. The summed E-state index contributed by atoms with van der Waals surface area (Å²) in [6.07, 6.45) is 3.45. The topological polar surface area (TPSA) is 122 Å². The van der Waals surface area contributed by atoms with Gasteiger partial charge in [-0.05, 0) is 36.5 Å². The maximum atomic E-state index is 13.6. The maximum absolute atomic E-state index is 13.6. The molecule has 5 rings (SSSR count). The van der Waals surface area contributed by atoms with Gasteiger partial charge in [-0.2, -0.15) is 0 Å². The van der Waals surface area contributed by atoms with Crippen LogP contribution in [-0.2, 0) is 20.8 Å². The van der Waals surface area contributed by atoms with Crippen LogP contribution in [0.5, 0.6) is 5.95 Å². The van der Waals surface area contributed by atoms with Gasteiger partial charge in [-0.3, -0.25) is 19.4 Å². The fraction of sp³-hybridized carbons (Fsp3) is 0.393. The number of nitrogens with zero attached hydrogens (tertiary/aromatic N) is 3. The molecule has 38 heavy (non-hydrogen) atoms. The number of amides is 3. The second-order valence-electron chi connectivity index (χ2n) is 10.2. The summed E-state index contributed by atoms with van der Waals surface area (Å²) in [4.78, 5) is 59.5. The summed E-state index contributed by atoms with van der Waals surface area (Å²) in [5.74, 6) is -0.587. The number of likely N-dealkylation sites (tertiary alicyclic amines) is 2. The molecule has 0 spiro atoms.